The van der Waals surface area contributed by atoms with E-state index in [-0.39, 0.29) is 42.4 Å². The van der Waals surface area contributed by atoms with Gasteiger partial charge in [0, 0.05) is 17.8 Å². The number of aryl methyl sites for hydroxylation is 1. The molecule has 1 aromatic heterocycles. The molecule has 1 aliphatic heterocycles. The number of benzene rings is 1. The average Bonchev–Trinajstić information content (AvgIpc) is 3.40. The maximum Gasteiger partial charge on any atom is 0.358 e. The minimum Gasteiger partial charge on any atom is -0.461 e. The second-order valence-corrected chi connectivity index (χ2v) is 8.22. The fourth-order valence-electron chi connectivity index (χ4n) is 4.38. The number of nitrogens with zero attached hydrogens (tertiary/aromatic N) is 3. The first-order valence-electron chi connectivity index (χ1n) is 10.9. The normalized spacial score (nSPS) is 18.7. The molecule has 4 rings (SSSR count). The van der Waals surface area contributed by atoms with Crippen LogP contribution in [0.25, 0.3) is 0 Å². The van der Waals surface area contributed by atoms with Crippen LogP contribution in [0, 0.1) is 13.8 Å². The molecule has 0 bridgehead atoms. The summed E-state index contributed by atoms with van der Waals surface area (Å²) in [7, 11) is 0. The van der Waals surface area contributed by atoms with Gasteiger partial charge in [-0.25, -0.2) is 4.79 Å². The molecular weight excluding hydrogens is 396 g/mol. The monoisotopic (exact) mass is 424 g/mol. The maximum absolute atomic E-state index is 13.6. The van der Waals surface area contributed by atoms with E-state index in [9.17, 15) is 14.4 Å². The summed E-state index contributed by atoms with van der Waals surface area (Å²) in [6.07, 6.45) is 4.11. The Labute approximate surface area is 181 Å². The molecule has 2 heterocycles. The summed E-state index contributed by atoms with van der Waals surface area (Å²) in [6.45, 7) is 6.02. The number of rotatable bonds is 5. The zero-order valence-electron chi connectivity index (χ0n) is 18.2. The van der Waals surface area contributed by atoms with Gasteiger partial charge in [0.1, 0.15) is 11.7 Å². The number of ether oxygens (including phenoxy) is 1. The second-order valence-electron chi connectivity index (χ2n) is 8.22. The lowest BCUT2D eigenvalue weighted by molar-refractivity contribution is -0.123. The zero-order chi connectivity index (χ0) is 22.1. The van der Waals surface area contributed by atoms with Crippen molar-refractivity contribution in [3.05, 3.63) is 46.8 Å². The van der Waals surface area contributed by atoms with E-state index in [1.807, 2.05) is 32.0 Å². The van der Waals surface area contributed by atoms with Crippen molar-refractivity contribution in [1.29, 1.82) is 0 Å². The maximum atomic E-state index is 13.6. The van der Waals surface area contributed by atoms with Crippen molar-refractivity contribution in [2.75, 3.05) is 11.5 Å². The zero-order valence-corrected chi connectivity index (χ0v) is 18.2. The van der Waals surface area contributed by atoms with E-state index in [0.29, 0.717) is 5.69 Å². The van der Waals surface area contributed by atoms with Gasteiger partial charge in [-0.2, -0.15) is 5.10 Å². The van der Waals surface area contributed by atoms with E-state index in [0.717, 1.165) is 36.8 Å². The predicted octanol–water partition coefficient (Wildman–Crippen LogP) is 2.76. The van der Waals surface area contributed by atoms with Crippen LogP contribution in [0.2, 0.25) is 0 Å². The van der Waals surface area contributed by atoms with Crippen LogP contribution in [-0.2, 0) is 16.1 Å². The van der Waals surface area contributed by atoms with Crippen LogP contribution in [0.5, 0.6) is 0 Å². The minimum absolute atomic E-state index is 0.0722. The van der Waals surface area contributed by atoms with Crippen LogP contribution in [0.15, 0.2) is 24.3 Å². The number of carbonyl (C=O) groups is 3. The molecule has 8 heteroatoms. The summed E-state index contributed by atoms with van der Waals surface area (Å²) in [5.41, 5.74) is 3.01. The van der Waals surface area contributed by atoms with Crippen molar-refractivity contribution in [2.24, 2.45) is 0 Å². The van der Waals surface area contributed by atoms with Crippen LogP contribution >= 0.6 is 0 Å². The molecule has 1 atom stereocenters. The van der Waals surface area contributed by atoms with Crippen molar-refractivity contribution < 1.29 is 19.1 Å². The van der Waals surface area contributed by atoms with Crippen LogP contribution < -0.4 is 10.2 Å². The molecule has 0 radical (unpaired) electrons. The van der Waals surface area contributed by atoms with Gasteiger partial charge in [0.2, 0.25) is 5.91 Å². The molecule has 0 saturated heterocycles. The highest BCUT2D eigenvalue weighted by Gasteiger charge is 2.41. The minimum atomic E-state index is -0.754. The molecule has 1 aromatic carbocycles. The molecule has 2 aliphatic rings. The lowest BCUT2D eigenvalue weighted by Crippen LogP contribution is -2.57. The third kappa shape index (κ3) is 3.94. The molecule has 164 valence electrons. The molecule has 1 aliphatic carbocycles. The number of carbonyl (C=O) groups excluding carboxylic acids is 3. The Hall–Kier alpha value is -3.16. The van der Waals surface area contributed by atoms with Gasteiger partial charge in [-0.15, -0.1) is 0 Å². The Morgan fingerprint density at radius 3 is 2.68 bits per heavy atom. The van der Waals surface area contributed by atoms with Gasteiger partial charge in [0.15, 0.2) is 5.69 Å². The molecule has 1 unspecified atom stereocenters. The van der Waals surface area contributed by atoms with Crippen molar-refractivity contribution in [3.8, 4) is 0 Å². The number of hydrogen-bond donors (Lipinski definition) is 1. The third-order valence-corrected chi connectivity index (χ3v) is 6.20. The lowest BCUT2D eigenvalue weighted by Gasteiger charge is -2.36. The molecular formula is C23H28N4O4. The van der Waals surface area contributed by atoms with Crippen molar-refractivity contribution in [3.63, 3.8) is 0 Å². The number of nitrogens with one attached hydrogen (secondary N) is 1. The number of amides is 2. The van der Waals surface area contributed by atoms with Crippen LogP contribution in [0.3, 0.4) is 0 Å². The van der Waals surface area contributed by atoms with Gasteiger partial charge in [0.25, 0.3) is 5.91 Å². The molecule has 1 saturated carbocycles. The van der Waals surface area contributed by atoms with Crippen LogP contribution in [0.1, 0.15) is 64.7 Å². The number of fused-ring (bicyclic) bond motifs is 1. The summed E-state index contributed by atoms with van der Waals surface area (Å²) >= 11 is 0. The van der Waals surface area contributed by atoms with Crippen molar-refractivity contribution >= 4 is 23.5 Å². The van der Waals surface area contributed by atoms with E-state index in [4.69, 9.17) is 4.74 Å². The highest BCUT2D eigenvalue weighted by atomic mass is 16.5. The molecule has 2 amide bonds. The molecule has 8 nitrogen and oxygen atoms in total. The van der Waals surface area contributed by atoms with Gasteiger partial charge in [-0.05, 0) is 50.8 Å². The Bertz CT molecular complexity index is 1020. The van der Waals surface area contributed by atoms with Crippen molar-refractivity contribution in [2.45, 2.75) is 65.1 Å². The predicted molar refractivity (Wildman–Crippen MR) is 115 cm³/mol. The molecule has 31 heavy (non-hydrogen) atoms. The number of hydrogen-bond acceptors (Lipinski definition) is 5. The van der Waals surface area contributed by atoms with Crippen LogP contribution in [0.4, 0.5) is 5.69 Å². The summed E-state index contributed by atoms with van der Waals surface area (Å²) < 4.78 is 6.48. The fourth-order valence-corrected chi connectivity index (χ4v) is 4.38. The Balaban J connectivity index is 1.74. The van der Waals surface area contributed by atoms with Gasteiger partial charge in [-0.3, -0.25) is 19.2 Å². The topological polar surface area (TPSA) is 93.5 Å². The summed E-state index contributed by atoms with van der Waals surface area (Å²) in [6, 6.07) is 6.54. The summed E-state index contributed by atoms with van der Waals surface area (Å²) in [5, 5.41) is 7.38. The fraction of sp³-hybridized carbons (Fsp3) is 0.478. The van der Waals surface area contributed by atoms with Gasteiger partial charge in [0.05, 0.1) is 13.2 Å². The molecule has 1 fully saturated rings. The van der Waals surface area contributed by atoms with E-state index >= 15 is 0 Å². The Morgan fingerprint density at radius 2 is 1.97 bits per heavy atom. The third-order valence-electron chi connectivity index (χ3n) is 6.20. The van der Waals surface area contributed by atoms with E-state index in [1.165, 1.54) is 10.7 Å². The number of anilines is 1. The van der Waals surface area contributed by atoms with Crippen LogP contribution in [-0.4, -0.2) is 46.3 Å². The largest absolute Gasteiger partial charge is 0.461 e. The van der Waals surface area contributed by atoms with Crippen molar-refractivity contribution in [1.82, 2.24) is 15.1 Å². The number of esters is 1. The Morgan fingerprint density at radius 1 is 1.23 bits per heavy atom. The molecule has 1 N–H and O–H groups in total. The van der Waals surface area contributed by atoms with E-state index < -0.39 is 12.0 Å². The average molecular weight is 425 g/mol. The molecule has 0 spiro atoms. The van der Waals surface area contributed by atoms with Gasteiger partial charge in [-0.1, -0.05) is 25.0 Å². The summed E-state index contributed by atoms with van der Waals surface area (Å²) in [4.78, 5) is 40.6. The number of aromatic nitrogens is 2. The first-order valence-corrected chi connectivity index (χ1v) is 10.9. The first-order chi connectivity index (χ1) is 14.9. The highest BCUT2D eigenvalue weighted by molar-refractivity contribution is 6.11. The molecule has 2 aromatic rings. The van der Waals surface area contributed by atoms with Gasteiger partial charge < -0.3 is 10.1 Å². The van der Waals surface area contributed by atoms with E-state index in [1.54, 1.807) is 11.8 Å². The smallest absolute Gasteiger partial charge is 0.358 e. The standard InChI is InChI=1S/C23H28N4O4/c1-4-31-23(30)17-12-19-22(29)27(18-11-7-8-14(2)15(18)3)20(13-26(19)25-17)21(28)24-16-9-5-6-10-16/h7-8,11-12,16,20H,4-6,9-10,13H2,1-3H3,(H,24,28). The van der Waals surface area contributed by atoms with E-state index in [2.05, 4.69) is 10.4 Å². The van der Waals surface area contributed by atoms with Gasteiger partial charge >= 0.3 is 5.97 Å². The Kier molecular flexibility index (Phi) is 5.80. The first kappa shape index (κ1) is 21.1. The highest BCUT2D eigenvalue weighted by Crippen LogP contribution is 2.30. The summed E-state index contributed by atoms with van der Waals surface area (Å²) in [5.74, 6) is -1.13. The second kappa shape index (κ2) is 8.53. The quantitative estimate of drug-likeness (QED) is 0.745. The lowest BCUT2D eigenvalue weighted by atomic mass is 10.0. The SMILES string of the molecule is CCOC(=O)c1cc2n(n1)CC(C(=O)NC1CCCC1)N(c1cccc(C)c1C)C2=O.